The van der Waals surface area contributed by atoms with Crippen molar-refractivity contribution in [3.8, 4) is 0 Å². The molecule has 1 saturated carbocycles. The van der Waals surface area contributed by atoms with Crippen molar-refractivity contribution in [1.82, 2.24) is 10.2 Å². The number of hydrogen-bond donors (Lipinski definition) is 1. The summed E-state index contributed by atoms with van der Waals surface area (Å²) >= 11 is 12.1. The van der Waals surface area contributed by atoms with Gasteiger partial charge in [0.15, 0.2) is 0 Å². The van der Waals surface area contributed by atoms with Gasteiger partial charge in [0.1, 0.15) is 4.33 Å². The number of carbonyl (C=O) groups excluding carboxylic acids is 1. The third kappa shape index (κ3) is 4.24. The zero-order valence-corrected chi connectivity index (χ0v) is 16.5. The SMILES string of the molecule is Cc1cccc(N2CCN(CCCNC(=O)[C@@]3(C)CC3(Cl)Cl)CC2)c1. The van der Waals surface area contributed by atoms with Crippen LogP contribution in [0.25, 0.3) is 0 Å². The van der Waals surface area contributed by atoms with Crippen molar-refractivity contribution in [2.45, 2.75) is 31.0 Å². The Kier molecular flexibility index (Phi) is 5.52. The summed E-state index contributed by atoms with van der Waals surface area (Å²) in [5, 5.41) is 2.98. The summed E-state index contributed by atoms with van der Waals surface area (Å²) in [4.78, 5) is 17.0. The summed E-state index contributed by atoms with van der Waals surface area (Å²) in [5.41, 5.74) is 2.00. The van der Waals surface area contributed by atoms with E-state index < -0.39 is 9.75 Å². The first kappa shape index (κ1) is 18.8. The van der Waals surface area contributed by atoms with Gasteiger partial charge in [-0.2, -0.15) is 0 Å². The summed E-state index contributed by atoms with van der Waals surface area (Å²) in [6.07, 6.45) is 1.49. The molecule has 1 aromatic carbocycles. The van der Waals surface area contributed by atoms with Crippen LogP contribution in [0.5, 0.6) is 0 Å². The second kappa shape index (κ2) is 7.34. The van der Waals surface area contributed by atoms with Gasteiger partial charge in [-0.05, 0) is 50.9 Å². The Hall–Kier alpha value is -0.970. The van der Waals surface area contributed by atoms with E-state index in [2.05, 4.69) is 46.3 Å². The molecule has 1 heterocycles. The molecule has 1 saturated heterocycles. The highest BCUT2D eigenvalue weighted by Gasteiger charge is 2.67. The molecule has 1 aliphatic heterocycles. The molecule has 0 unspecified atom stereocenters. The molecule has 3 rings (SSSR count). The van der Waals surface area contributed by atoms with Crippen molar-refractivity contribution in [2.75, 3.05) is 44.2 Å². The Morgan fingerprint density at radius 2 is 1.92 bits per heavy atom. The number of hydrogen-bond acceptors (Lipinski definition) is 3. The maximum atomic E-state index is 12.1. The van der Waals surface area contributed by atoms with Gasteiger partial charge in [-0.1, -0.05) is 12.1 Å². The van der Waals surface area contributed by atoms with Crippen LogP contribution in [0.15, 0.2) is 24.3 Å². The van der Waals surface area contributed by atoms with Gasteiger partial charge in [0.2, 0.25) is 5.91 Å². The number of aryl methyl sites for hydroxylation is 1. The number of piperazine rings is 1. The van der Waals surface area contributed by atoms with E-state index in [0.717, 1.165) is 39.1 Å². The van der Waals surface area contributed by atoms with Gasteiger partial charge in [0, 0.05) is 38.4 Å². The summed E-state index contributed by atoms with van der Waals surface area (Å²) in [5.74, 6) is -0.0261. The summed E-state index contributed by atoms with van der Waals surface area (Å²) < 4.78 is -0.886. The molecule has 1 N–H and O–H groups in total. The van der Waals surface area contributed by atoms with Crippen molar-refractivity contribution in [3.63, 3.8) is 0 Å². The van der Waals surface area contributed by atoms with Gasteiger partial charge in [0.25, 0.3) is 0 Å². The van der Waals surface area contributed by atoms with Gasteiger partial charge in [-0.3, -0.25) is 9.69 Å². The van der Waals surface area contributed by atoms with Gasteiger partial charge in [-0.25, -0.2) is 0 Å². The van der Waals surface area contributed by atoms with E-state index in [4.69, 9.17) is 23.2 Å². The molecule has 0 spiro atoms. The molecule has 1 aromatic rings. The Balaban J connectivity index is 1.34. The fourth-order valence-electron chi connectivity index (χ4n) is 3.40. The van der Waals surface area contributed by atoms with Crippen molar-refractivity contribution in [2.24, 2.45) is 5.41 Å². The lowest BCUT2D eigenvalue weighted by atomic mass is 10.1. The minimum Gasteiger partial charge on any atom is -0.369 e. The Morgan fingerprint density at radius 3 is 2.52 bits per heavy atom. The quantitative estimate of drug-likeness (QED) is 0.604. The maximum Gasteiger partial charge on any atom is 0.229 e. The van der Waals surface area contributed by atoms with Crippen LogP contribution in [0, 0.1) is 12.3 Å². The van der Waals surface area contributed by atoms with E-state index in [0.29, 0.717) is 13.0 Å². The maximum absolute atomic E-state index is 12.1. The number of nitrogens with zero attached hydrogens (tertiary/aromatic N) is 2. The van der Waals surface area contributed by atoms with E-state index in [9.17, 15) is 4.79 Å². The first-order valence-electron chi connectivity index (χ1n) is 9.02. The number of amides is 1. The molecular weight excluding hydrogens is 357 g/mol. The van der Waals surface area contributed by atoms with Crippen LogP contribution in [0.2, 0.25) is 0 Å². The second-order valence-corrected chi connectivity index (χ2v) is 8.97. The molecule has 6 heteroatoms. The van der Waals surface area contributed by atoms with Crippen LogP contribution in [0.1, 0.15) is 25.3 Å². The van der Waals surface area contributed by atoms with Crippen molar-refractivity contribution >= 4 is 34.8 Å². The fourth-order valence-corrected chi connectivity index (χ4v) is 4.11. The minimum absolute atomic E-state index is 0.0261. The van der Waals surface area contributed by atoms with Crippen LogP contribution in [0.3, 0.4) is 0 Å². The van der Waals surface area contributed by atoms with E-state index in [1.165, 1.54) is 11.3 Å². The van der Waals surface area contributed by atoms with E-state index >= 15 is 0 Å². The molecule has 1 aliphatic carbocycles. The van der Waals surface area contributed by atoms with E-state index in [-0.39, 0.29) is 5.91 Å². The predicted molar refractivity (Wildman–Crippen MR) is 105 cm³/mol. The third-order valence-corrected chi connectivity index (χ3v) is 6.54. The monoisotopic (exact) mass is 383 g/mol. The number of halogens is 2. The first-order chi connectivity index (χ1) is 11.8. The fraction of sp³-hybridized carbons (Fsp3) is 0.632. The van der Waals surface area contributed by atoms with Crippen LogP contribution < -0.4 is 10.2 Å². The van der Waals surface area contributed by atoms with E-state index in [1.54, 1.807) is 0 Å². The Bertz CT molecular complexity index is 629. The lowest BCUT2D eigenvalue weighted by molar-refractivity contribution is -0.125. The van der Waals surface area contributed by atoms with Crippen molar-refractivity contribution < 1.29 is 4.79 Å². The summed E-state index contributed by atoms with van der Waals surface area (Å²) in [6, 6.07) is 8.69. The lowest BCUT2D eigenvalue weighted by Gasteiger charge is -2.36. The molecule has 0 bridgehead atoms. The number of carbonyl (C=O) groups is 1. The Labute approximate surface area is 160 Å². The standard InChI is InChI=1S/C19H27Cl2N3O/c1-15-5-3-6-16(13-15)24-11-9-23(10-12-24)8-4-7-22-17(25)18(2)14-19(18,20)21/h3,5-6,13H,4,7-12,14H2,1-2H3,(H,22,25)/t18-/m1/s1. The first-order valence-corrected chi connectivity index (χ1v) is 9.77. The molecule has 1 amide bonds. The van der Waals surface area contributed by atoms with Crippen LogP contribution in [-0.4, -0.2) is 54.4 Å². The average Bonchev–Trinajstić information content (AvgIpc) is 3.11. The van der Waals surface area contributed by atoms with Gasteiger partial charge >= 0.3 is 0 Å². The molecule has 4 nitrogen and oxygen atoms in total. The molecule has 2 aliphatic rings. The molecule has 0 radical (unpaired) electrons. The third-order valence-electron chi connectivity index (χ3n) is 5.43. The van der Waals surface area contributed by atoms with Crippen LogP contribution in [0.4, 0.5) is 5.69 Å². The molecule has 2 fully saturated rings. The molecule has 1 atom stereocenters. The minimum atomic E-state index is -0.886. The summed E-state index contributed by atoms with van der Waals surface area (Å²) in [6.45, 7) is 9.87. The summed E-state index contributed by atoms with van der Waals surface area (Å²) in [7, 11) is 0. The smallest absolute Gasteiger partial charge is 0.229 e. The number of alkyl halides is 2. The van der Waals surface area contributed by atoms with Crippen LogP contribution >= 0.6 is 23.2 Å². The van der Waals surface area contributed by atoms with Gasteiger partial charge in [-0.15, -0.1) is 23.2 Å². The van der Waals surface area contributed by atoms with Crippen molar-refractivity contribution in [3.05, 3.63) is 29.8 Å². The molecule has 138 valence electrons. The highest BCUT2D eigenvalue weighted by molar-refractivity contribution is 6.53. The highest BCUT2D eigenvalue weighted by atomic mass is 35.5. The van der Waals surface area contributed by atoms with Crippen LogP contribution in [-0.2, 0) is 4.79 Å². The topological polar surface area (TPSA) is 35.6 Å². The average molecular weight is 384 g/mol. The number of nitrogens with one attached hydrogen (secondary N) is 1. The van der Waals surface area contributed by atoms with Crippen molar-refractivity contribution in [1.29, 1.82) is 0 Å². The number of rotatable bonds is 6. The van der Waals surface area contributed by atoms with E-state index in [1.807, 2.05) is 6.92 Å². The second-order valence-electron chi connectivity index (χ2n) is 7.49. The molecule has 25 heavy (non-hydrogen) atoms. The normalized spacial score (nSPS) is 25.7. The zero-order valence-electron chi connectivity index (χ0n) is 15.0. The van der Waals surface area contributed by atoms with Gasteiger partial charge in [0.05, 0.1) is 5.41 Å². The Morgan fingerprint density at radius 1 is 1.24 bits per heavy atom. The van der Waals surface area contributed by atoms with Gasteiger partial charge < -0.3 is 10.2 Å². The lowest BCUT2D eigenvalue weighted by Crippen LogP contribution is -2.47. The predicted octanol–water partition coefficient (Wildman–Crippen LogP) is 3.21. The molecular formula is C19H27Cl2N3O. The molecule has 0 aromatic heterocycles. The highest BCUT2D eigenvalue weighted by Crippen LogP contribution is 2.63. The largest absolute Gasteiger partial charge is 0.369 e. The number of benzene rings is 1. The number of anilines is 1. The zero-order chi connectivity index (χ0) is 18.1.